The van der Waals surface area contributed by atoms with Crippen molar-refractivity contribution in [2.24, 2.45) is 0 Å². The zero-order chi connectivity index (χ0) is 14.3. The topological polar surface area (TPSA) is 30.3 Å². The van der Waals surface area contributed by atoms with E-state index in [4.69, 9.17) is 16.9 Å². The third-order valence-corrected chi connectivity index (χ3v) is 3.45. The average molecular weight is 280 g/mol. The molecule has 0 saturated carbocycles. The number of halogens is 1. The highest BCUT2D eigenvalue weighted by Crippen LogP contribution is 2.19. The molecule has 4 heteroatoms. The largest absolute Gasteiger partial charge is 0.309 e. The van der Waals surface area contributed by atoms with E-state index in [0.29, 0.717) is 10.6 Å². The molecule has 0 spiro atoms. The first-order valence-corrected chi connectivity index (χ1v) is 7.00. The molecule has 0 unspecified atom stereocenters. The van der Waals surface area contributed by atoms with Gasteiger partial charge in [0.2, 0.25) is 0 Å². The Morgan fingerprint density at radius 2 is 2.00 bits per heavy atom. The number of hydrogen-bond acceptors (Lipinski definition) is 3. The van der Waals surface area contributed by atoms with Crippen molar-refractivity contribution in [3.8, 4) is 6.07 Å². The SMILES string of the molecule is CCN(CCCN(C)C)Cc1ccc(C#N)cc1Cl. The van der Waals surface area contributed by atoms with Crippen LogP contribution in [0, 0.1) is 11.3 Å². The highest BCUT2D eigenvalue weighted by molar-refractivity contribution is 6.31. The first-order valence-electron chi connectivity index (χ1n) is 6.62. The van der Waals surface area contributed by atoms with Crippen molar-refractivity contribution in [3.05, 3.63) is 34.3 Å². The van der Waals surface area contributed by atoms with Crippen LogP contribution in [0.4, 0.5) is 0 Å². The Morgan fingerprint density at radius 3 is 2.53 bits per heavy atom. The van der Waals surface area contributed by atoms with Crippen molar-refractivity contribution in [2.75, 3.05) is 33.7 Å². The van der Waals surface area contributed by atoms with Gasteiger partial charge >= 0.3 is 0 Å². The average Bonchev–Trinajstić information content (AvgIpc) is 2.39. The molecule has 3 nitrogen and oxygen atoms in total. The van der Waals surface area contributed by atoms with E-state index in [1.807, 2.05) is 12.1 Å². The number of hydrogen-bond donors (Lipinski definition) is 0. The van der Waals surface area contributed by atoms with Crippen LogP contribution in [0.3, 0.4) is 0 Å². The Balaban J connectivity index is 2.58. The zero-order valence-electron chi connectivity index (χ0n) is 12.0. The third-order valence-electron chi connectivity index (χ3n) is 3.10. The number of nitrogens with zero attached hydrogens (tertiary/aromatic N) is 3. The van der Waals surface area contributed by atoms with Crippen LogP contribution in [-0.2, 0) is 6.54 Å². The summed E-state index contributed by atoms with van der Waals surface area (Å²) in [5, 5.41) is 9.51. The maximum absolute atomic E-state index is 8.83. The van der Waals surface area contributed by atoms with E-state index >= 15 is 0 Å². The molecule has 1 aromatic rings. The Morgan fingerprint density at radius 1 is 1.26 bits per heavy atom. The van der Waals surface area contributed by atoms with E-state index < -0.39 is 0 Å². The maximum atomic E-state index is 8.83. The summed E-state index contributed by atoms with van der Waals surface area (Å²) in [4.78, 5) is 4.57. The van der Waals surface area contributed by atoms with Gasteiger partial charge in [0.15, 0.2) is 0 Å². The van der Waals surface area contributed by atoms with Gasteiger partial charge in [-0.25, -0.2) is 0 Å². The third kappa shape index (κ3) is 5.61. The summed E-state index contributed by atoms with van der Waals surface area (Å²) < 4.78 is 0. The van der Waals surface area contributed by atoms with Crippen LogP contribution in [-0.4, -0.2) is 43.5 Å². The van der Waals surface area contributed by atoms with Crippen molar-refractivity contribution in [1.82, 2.24) is 9.80 Å². The van der Waals surface area contributed by atoms with Gasteiger partial charge in [0.05, 0.1) is 11.6 Å². The molecule has 1 rings (SSSR count). The van der Waals surface area contributed by atoms with Crippen molar-refractivity contribution in [2.45, 2.75) is 19.9 Å². The lowest BCUT2D eigenvalue weighted by molar-refractivity contribution is 0.259. The highest BCUT2D eigenvalue weighted by atomic mass is 35.5. The Bertz CT molecular complexity index is 438. The molecule has 0 heterocycles. The second-order valence-electron chi connectivity index (χ2n) is 4.94. The summed E-state index contributed by atoms with van der Waals surface area (Å²) in [5.41, 5.74) is 1.71. The van der Waals surface area contributed by atoms with Crippen LogP contribution in [0.2, 0.25) is 5.02 Å². The molecule has 0 radical (unpaired) electrons. The summed E-state index contributed by atoms with van der Waals surface area (Å²) in [5.74, 6) is 0. The quantitative estimate of drug-likeness (QED) is 0.769. The summed E-state index contributed by atoms with van der Waals surface area (Å²) in [7, 11) is 4.18. The fraction of sp³-hybridized carbons (Fsp3) is 0.533. The Kier molecular flexibility index (Phi) is 6.86. The van der Waals surface area contributed by atoms with E-state index in [-0.39, 0.29) is 0 Å². The molecule has 1 aromatic carbocycles. The summed E-state index contributed by atoms with van der Waals surface area (Å²) in [6, 6.07) is 7.63. The molecule has 0 bridgehead atoms. The second kappa shape index (κ2) is 8.16. The van der Waals surface area contributed by atoms with E-state index in [0.717, 1.165) is 38.2 Å². The van der Waals surface area contributed by atoms with E-state index in [1.165, 1.54) is 0 Å². The predicted octanol–water partition coefficient (Wildman–Crippen LogP) is 2.99. The molecule has 0 fully saturated rings. The highest BCUT2D eigenvalue weighted by Gasteiger charge is 2.07. The minimum absolute atomic E-state index is 0.615. The summed E-state index contributed by atoms with van der Waals surface area (Å²) in [6.07, 6.45) is 1.15. The van der Waals surface area contributed by atoms with Gasteiger partial charge in [-0.3, -0.25) is 4.90 Å². The fourth-order valence-electron chi connectivity index (χ4n) is 1.95. The van der Waals surface area contributed by atoms with Crippen molar-refractivity contribution in [3.63, 3.8) is 0 Å². The lowest BCUT2D eigenvalue weighted by atomic mass is 10.1. The Hall–Kier alpha value is -1.08. The number of rotatable bonds is 7. The first-order chi connectivity index (χ1) is 9.06. The van der Waals surface area contributed by atoms with Gasteiger partial charge in [0.1, 0.15) is 0 Å². The molecule has 0 aliphatic rings. The molecule has 0 N–H and O–H groups in total. The van der Waals surface area contributed by atoms with Crippen LogP contribution in [0.25, 0.3) is 0 Å². The van der Waals surface area contributed by atoms with Gasteiger partial charge in [-0.1, -0.05) is 24.6 Å². The van der Waals surface area contributed by atoms with E-state index in [9.17, 15) is 0 Å². The molecule has 0 aliphatic carbocycles. The van der Waals surface area contributed by atoms with Crippen LogP contribution in [0.15, 0.2) is 18.2 Å². The van der Waals surface area contributed by atoms with Gasteiger partial charge in [0, 0.05) is 11.6 Å². The maximum Gasteiger partial charge on any atom is 0.0992 e. The zero-order valence-corrected chi connectivity index (χ0v) is 12.7. The van der Waals surface area contributed by atoms with Gasteiger partial charge < -0.3 is 4.90 Å². The van der Waals surface area contributed by atoms with Gasteiger partial charge in [-0.2, -0.15) is 5.26 Å². The summed E-state index contributed by atoms with van der Waals surface area (Å²) in [6.45, 7) is 6.16. The van der Waals surface area contributed by atoms with Gasteiger partial charge in [0.25, 0.3) is 0 Å². The van der Waals surface area contributed by atoms with Crippen LogP contribution in [0.1, 0.15) is 24.5 Å². The first kappa shape index (κ1) is 16.0. The van der Waals surface area contributed by atoms with E-state index in [1.54, 1.807) is 6.07 Å². The van der Waals surface area contributed by atoms with Gasteiger partial charge in [-0.05, 0) is 57.8 Å². The predicted molar refractivity (Wildman–Crippen MR) is 80.3 cm³/mol. The van der Waals surface area contributed by atoms with Crippen LogP contribution >= 0.6 is 11.6 Å². The summed E-state index contributed by atoms with van der Waals surface area (Å²) >= 11 is 6.21. The molecule has 0 saturated heterocycles. The molecule has 0 atom stereocenters. The Labute approximate surface area is 121 Å². The monoisotopic (exact) mass is 279 g/mol. The lowest BCUT2D eigenvalue weighted by Crippen LogP contribution is -2.27. The minimum atomic E-state index is 0.615. The van der Waals surface area contributed by atoms with Crippen molar-refractivity contribution in [1.29, 1.82) is 5.26 Å². The second-order valence-corrected chi connectivity index (χ2v) is 5.35. The molecular weight excluding hydrogens is 258 g/mol. The van der Waals surface area contributed by atoms with E-state index in [2.05, 4.69) is 36.9 Å². The fourth-order valence-corrected chi connectivity index (χ4v) is 2.19. The normalized spacial score (nSPS) is 11.0. The standard InChI is InChI=1S/C15H22ClN3/c1-4-19(9-5-8-18(2)3)12-14-7-6-13(11-17)10-15(14)16/h6-7,10H,4-5,8-9,12H2,1-3H3. The van der Waals surface area contributed by atoms with Crippen molar-refractivity contribution >= 4 is 11.6 Å². The minimum Gasteiger partial charge on any atom is -0.309 e. The molecule has 0 aliphatic heterocycles. The molecule has 0 amide bonds. The lowest BCUT2D eigenvalue weighted by Gasteiger charge is -2.22. The molecule has 19 heavy (non-hydrogen) atoms. The molecular formula is C15H22ClN3. The van der Waals surface area contributed by atoms with Crippen molar-refractivity contribution < 1.29 is 0 Å². The molecule has 0 aromatic heterocycles. The number of benzene rings is 1. The van der Waals surface area contributed by atoms with Crippen LogP contribution in [0.5, 0.6) is 0 Å². The van der Waals surface area contributed by atoms with Crippen LogP contribution < -0.4 is 0 Å². The molecule has 104 valence electrons. The van der Waals surface area contributed by atoms with Gasteiger partial charge in [-0.15, -0.1) is 0 Å². The smallest absolute Gasteiger partial charge is 0.0992 e. The number of nitriles is 1.